The van der Waals surface area contributed by atoms with Crippen LogP contribution in [0.5, 0.6) is 0 Å². The monoisotopic (exact) mass is 227 g/mol. The van der Waals surface area contributed by atoms with Crippen LogP contribution in [-0.4, -0.2) is 16.8 Å². The fraction of sp³-hybridized carbons (Fsp3) is 0.143. The first-order valence-electron chi connectivity index (χ1n) is 5.42. The Morgan fingerprint density at radius 2 is 2.00 bits per heavy atom. The Hall–Kier alpha value is -2.16. The zero-order chi connectivity index (χ0) is 12.3. The van der Waals surface area contributed by atoms with E-state index in [9.17, 15) is 4.79 Å². The number of carboxylic acid groups (broad SMARTS) is 1. The van der Waals surface area contributed by atoms with Gasteiger partial charge < -0.3 is 10.5 Å². The van der Waals surface area contributed by atoms with Gasteiger partial charge in [0.15, 0.2) is 0 Å². The van der Waals surface area contributed by atoms with E-state index in [0.717, 1.165) is 11.1 Å². The molecule has 0 bridgehead atoms. The minimum Gasteiger partial charge on any atom is -0.478 e. The Bertz CT molecular complexity index is 512. The van der Waals surface area contributed by atoms with Crippen molar-refractivity contribution in [3.63, 3.8) is 0 Å². The molecular weight excluding hydrogens is 214 g/mol. The molecule has 1 aliphatic carbocycles. The van der Waals surface area contributed by atoms with Crippen molar-refractivity contribution in [2.45, 2.75) is 12.8 Å². The lowest BCUT2D eigenvalue weighted by molar-refractivity contribution is -0.132. The molecule has 0 atom stereocenters. The molecule has 0 aromatic heterocycles. The molecule has 0 unspecified atom stereocenters. The molecule has 3 heteroatoms. The average Bonchev–Trinajstić information content (AvgIpc) is 2.30. The lowest BCUT2D eigenvalue weighted by atomic mass is 9.91. The van der Waals surface area contributed by atoms with Crippen molar-refractivity contribution < 1.29 is 9.90 Å². The number of benzene rings is 1. The molecule has 0 heterocycles. The highest BCUT2D eigenvalue weighted by atomic mass is 16.4. The first-order valence-corrected chi connectivity index (χ1v) is 5.42. The van der Waals surface area contributed by atoms with Gasteiger partial charge in [-0.3, -0.25) is 0 Å². The number of carbonyl (C=O) groups is 1. The van der Waals surface area contributed by atoms with Crippen LogP contribution in [0.2, 0.25) is 0 Å². The molecule has 0 amide bonds. The molecule has 86 valence electrons. The molecule has 1 aromatic carbocycles. The third-order valence-corrected chi connectivity index (χ3v) is 2.70. The number of carboxylic acids is 1. The van der Waals surface area contributed by atoms with Gasteiger partial charge in [0, 0.05) is 12.1 Å². The van der Waals surface area contributed by atoms with Gasteiger partial charge in [0.1, 0.15) is 0 Å². The van der Waals surface area contributed by atoms with Crippen LogP contribution in [-0.2, 0) is 4.79 Å². The normalized spacial score (nSPS) is 18.0. The number of rotatable bonds is 2. The van der Waals surface area contributed by atoms with E-state index in [-0.39, 0.29) is 11.3 Å². The highest BCUT2D eigenvalue weighted by Gasteiger charge is 2.18. The van der Waals surface area contributed by atoms with Crippen LogP contribution < -0.4 is 0 Å². The molecule has 1 aliphatic rings. The Kier molecular flexibility index (Phi) is 3.19. The lowest BCUT2D eigenvalue weighted by Gasteiger charge is -2.14. The van der Waals surface area contributed by atoms with E-state index in [4.69, 9.17) is 10.5 Å². The lowest BCUT2D eigenvalue weighted by Crippen LogP contribution is -2.15. The van der Waals surface area contributed by atoms with E-state index in [2.05, 4.69) is 0 Å². The van der Waals surface area contributed by atoms with Crippen LogP contribution in [0.1, 0.15) is 18.4 Å². The summed E-state index contributed by atoms with van der Waals surface area (Å²) in [5.74, 6) is -1.01. The van der Waals surface area contributed by atoms with E-state index in [1.54, 1.807) is 6.08 Å². The summed E-state index contributed by atoms with van der Waals surface area (Å²) in [6.45, 7) is 0. The summed E-state index contributed by atoms with van der Waals surface area (Å²) in [5.41, 5.74) is 2.48. The summed E-state index contributed by atoms with van der Waals surface area (Å²) < 4.78 is 0. The first-order chi connectivity index (χ1) is 8.16. The van der Waals surface area contributed by atoms with E-state index in [0.29, 0.717) is 12.8 Å². The maximum absolute atomic E-state index is 10.8. The third-order valence-electron chi connectivity index (χ3n) is 2.70. The van der Waals surface area contributed by atoms with Gasteiger partial charge in [-0.05, 0) is 12.0 Å². The highest BCUT2D eigenvalue weighted by Crippen LogP contribution is 2.22. The van der Waals surface area contributed by atoms with Crippen LogP contribution >= 0.6 is 0 Å². The molecule has 0 saturated heterocycles. The third kappa shape index (κ3) is 2.69. The number of nitrogens with one attached hydrogen (secondary N) is 1. The van der Waals surface area contributed by atoms with Crippen molar-refractivity contribution in [2.75, 3.05) is 0 Å². The minimum absolute atomic E-state index is 0.134. The van der Waals surface area contributed by atoms with Crippen molar-refractivity contribution in [1.29, 1.82) is 5.41 Å². The van der Waals surface area contributed by atoms with Gasteiger partial charge in [0.25, 0.3) is 0 Å². The molecule has 0 radical (unpaired) electrons. The van der Waals surface area contributed by atoms with Crippen molar-refractivity contribution in [1.82, 2.24) is 0 Å². The van der Waals surface area contributed by atoms with Crippen LogP contribution in [0, 0.1) is 5.41 Å². The van der Waals surface area contributed by atoms with Gasteiger partial charge in [-0.15, -0.1) is 0 Å². The molecule has 0 saturated carbocycles. The van der Waals surface area contributed by atoms with Gasteiger partial charge in [-0.1, -0.05) is 48.1 Å². The van der Waals surface area contributed by atoms with Gasteiger partial charge >= 0.3 is 5.97 Å². The largest absolute Gasteiger partial charge is 0.478 e. The Labute approximate surface area is 99.6 Å². The maximum Gasteiger partial charge on any atom is 0.337 e. The quantitative estimate of drug-likeness (QED) is 0.816. The van der Waals surface area contributed by atoms with Crippen LogP contribution in [0.4, 0.5) is 0 Å². The van der Waals surface area contributed by atoms with Crippen LogP contribution in [0.25, 0.3) is 6.08 Å². The van der Waals surface area contributed by atoms with E-state index < -0.39 is 5.97 Å². The van der Waals surface area contributed by atoms with Gasteiger partial charge in [0.2, 0.25) is 0 Å². The molecule has 17 heavy (non-hydrogen) atoms. The molecule has 2 rings (SSSR count). The average molecular weight is 227 g/mol. The summed E-state index contributed by atoms with van der Waals surface area (Å²) in [6, 6.07) is 9.85. The molecule has 2 N–H and O–H groups in total. The Morgan fingerprint density at radius 3 is 2.59 bits per heavy atom. The summed E-state index contributed by atoms with van der Waals surface area (Å²) in [4.78, 5) is 10.8. The summed E-state index contributed by atoms with van der Waals surface area (Å²) >= 11 is 0. The van der Waals surface area contributed by atoms with Crippen LogP contribution in [0.3, 0.4) is 0 Å². The molecule has 1 aromatic rings. The molecule has 0 aliphatic heterocycles. The predicted octanol–water partition coefficient (Wildman–Crippen LogP) is 2.89. The Balaban J connectivity index is 2.21. The van der Waals surface area contributed by atoms with Crippen molar-refractivity contribution >= 4 is 17.8 Å². The smallest absolute Gasteiger partial charge is 0.337 e. The zero-order valence-electron chi connectivity index (χ0n) is 9.31. The van der Waals surface area contributed by atoms with Crippen LogP contribution in [0.15, 0.2) is 47.6 Å². The molecule has 0 fully saturated rings. The summed E-state index contributed by atoms with van der Waals surface area (Å²) in [6.07, 6.45) is 4.67. The van der Waals surface area contributed by atoms with E-state index in [1.807, 2.05) is 36.4 Å². The standard InChI is InChI=1S/C14H13NO2/c15-13-9-11(6-7-12(13)14(16)17)8-10-4-2-1-3-5-10/h1-5,7-8,15H,6,9H2,(H,16,17). The molecule has 3 nitrogen and oxygen atoms in total. The maximum atomic E-state index is 10.8. The minimum atomic E-state index is -1.01. The number of hydrogen-bond acceptors (Lipinski definition) is 2. The summed E-state index contributed by atoms with van der Waals surface area (Å²) in [5, 5.41) is 16.5. The number of aliphatic carboxylic acids is 1. The fourth-order valence-electron chi connectivity index (χ4n) is 1.86. The van der Waals surface area contributed by atoms with Crippen molar-refractivity contribution in [2.24, 2.45) is 0 Å². The Morgan fingerprint density at radius 1 is 1.29 bits per heavy atom. The highest BCUT2D eigenvalue weighted by molar-refractivity contribution is 6.19. The van der Waals surface area contributed by atoms with E-state index in [1.165, 1.54) is 0 Å². The fourth-order valence-corrected chi connectivity index (χ4v) is 1.86. The first kappa shape index (κ1) is 11.3. The second kappa shape index (κ2) is 4.78. The zero-order valence-corrected chi connectivity index (χ0v) is 9.31. The SMILES string of the molecule is N=C1CC(=Cc2ccccc2)CC=C1C(=O)O. The summed E-state index contributed by atoms with van der Waals surface area (Å²) in [7, 11) is 0. The van der Waals surface area contributed by atoms with Crippen molar-refractivity contribution in [3.05, 3.63) is 53.1 Å². The topological polar surface area (TPSA) is 61.2 Å². The number of allylic oxidation sites excluding steroid dienone is 2. The van der Waals surface area contributed by atoms with E-state index >= 15 is 0 Å². The molecule has 0 spiro atoms. The number of hydrogen-bond donors (Lipinski definition) is 2. The van der Waals surface area contributed by atoms with Crippen molar-refractivity contribution in [3.8, 4) is 0 Å². The predicted molar refractivity (Wildman–Crippen MR) is 67.1 cm³/mol. The van der Waals surface area contributed by atoms with Gasteiger partial charge in [-0.25, -0.2) is 4.79 Å². The molecular formula is C14H13NO2. The second-order valence-corrected chi connectivity index (χ2v) is 4.00. The second-order valence-electron chi connectivity index (χ2n) is 4.00. The van der Waals surface area contributed by atoms with Gasteiger partial charge in [0.05, 0.1) is 5.57 Å². The van der Waals surface area contributed by atoms with Gasteiger partial charge in [-0.2, -0.15) is 0 Å².